The van der Waals surface area contributed by atoms with Crippen molar-refractivity contribution in [2.45, 2.75) is 5.92 Å². The summed E-state index contributed by atoms with van der Waals surface area (Å²) in [6.07, 6.45) is -0.794. The van der Waals surface area contributed by atoms with Gasteiger partial charge in [-0.2, -0.15) is 0 Å². The van der Waals surface area contributed by atoms with Crippen LogP contribution in [0.2, 0.25) is 0 Å². The highest BCUT2D eigenvalue weighted by atomic mass is 16.5. The number of carbonyl (C=O) groups excluding carboxylic acids is 2. The number of benzene rings is 2. The Bertz CT molecular complexity index is 1110. The largest absolute Gasteiger partial charge is 0.464 e. The van der Waals surface area contributed by atoms with E-state index in [-0.39, 0.29) is 24.2 Å². The van der Waals surface area contributed by atoms with Crippen LogP contribution >= 0.6 is 0 Å². The van der Waals surface area contributed by atoms with Crippen molar-refractivity contribution in [2.75, 3.05) is 19.0 Å². The van der Waals surface area contributed by atoms with Crippen LogP contribution < -0.4 is 10.9 Å². The monoisotopic (exact) mass is 391 g/mol. The van der Waals surface area contributed by atoms with Gasteiger partial charge in [-0.15, -0.1) is 0 Å². The van der Waals surface area contributed by atoms with Crippen molar-refractivity contribution < 1.29 is 19.1 Å². The van der Waals surface area contributed by atoms with Crippen LogP contribution in [0.25, 0.3) is 11.1 Å². The fourth-order valence-corrected chi connectivity index (χ4v) is 3.46. The van der Waals surface area contributed by atoms with Crippen LogP contribution in [0.3, 0.4) is 0 Å². The standard InChI is InChI=1S/C21H17N3O5/c1-28-19(26)17-10-18(25)23-20(22-17)24-21(27)29-11-16-14-8-4-2-6-12(14)13-7-3-5-9-15(13)16/h2-10,16H,11H2,1H3,(H2,22,23,24,25,27). The molecule has 0 aliphatic heterocycles. The van der Waals surface area contributed by atoms with Gasteiger partial charge in [-0.3, -0.25) is 15.1 Å². The van der Waals surface area contributed by atoms with E-state index in [9.17, 15) is 14.4 Å². The summed E-state index contributed by atoms with van der Waals surface area (Å²) in [5.41, 5.74) is 3.59. The van der Waals surface area contributed by atoms with Crippen LogP contribution in [0.1, 0.15) is 27.5 Å². The lowest BCUT2D eigenvalue weighted by molar-refractivity contribution is 0.0593. The number of carbonyl (C=O) groups is 2. The van der Waals surface area contributed by atoms with Gasteiger partial charge < -0.3 is 9.47 Å². The molecule has 146 valence electrons. The van der Waals surface area contributed by atoms with Crippen LogP contribution in [-0.2, 0) is 9.47 Å². The Kier molecular flexibility index (Phi) is 4.82. The van der Waals surface area contributed by atoms with Crippen molar-refractivity contribution in [1.82, 2.24) is 9.97 Å². The lowest BCUT2D eigenvalue weighted by Crippen LogP contribution is -2.22. The summed E-state index contributed by atoms with van der Waals surface area (Å²) < 4.78 is 9.92. The smallest absolute Gasteiger partial charge is 0.414 e. The zero-order valence-corrected chi connectivity index (χ0v) is 15.5. The third kappa shape index (κ3) is 3.60. The van der Waals surface area contributed by atoms with Crippen molar-refractivity contribution in [1.29, 1.82) is 0 Å². The lowest BCUT2D eigenvalue weighted by atomic mass is 9.98. The lowest BCUT2D eigenvalue weighted by Gasteiger charge is -2.14. The summed E-state index contributed by atoms with van der Waals surface area (Å²) >= 11 is 0. The number of H-pyrrole nitrogens is 1. The second-order valence-corrected chi connectivity index (χ2v) is 6.42. The minimum absolute atomic E-state index is 0.0958. The van der Waals surface area contributed by atoms with Gasteiger partial charge in [0.15, 0.2) is 5.69 Å². The molecule has 0 atom stereocenters. The molecular weight excluding hydrogens is 374 g/mol. The highest BCUT2D eigenvalue weighted by Gasteiger charge is 2.29. The summed E-state index contributed by atoms with van der Waals surface area (Å²) in [7, 11) is 1.17. The molecular formula is C21H17N3O5. The molecule has 1 amide bonds. The summed E-state index contributed by atoms with van der Waals surface area (Å²) in [6, 6.07) is 16.9. The number of hydrogen-bond acceptors (Lipinski definition) is 6. The van der Waals surface area contributed by atoms with Gasteiger partial charge in [0, 0.05) is 12.0 Å². The molecule has 8 heteroatoms. The summed E-state index contributed by atoms with van der Waals surface area (Å²) in [5.74, 6) is -1.08. The Morgan fingerprint density at radius 3 is 2.31 bits per heavy atom. The molecule has 0 radical (unpaired) electrons. The van der Waals surface area contributed by atoms with Gasteiger partial charge >= 0.3 is 12.1 Å². The maximum absolute atomic E-state index is 12.2. The third-order valence-corrected chi connectivity index (χ3v) is 4.70. The predicted octanol–water partition coefficient (Wildman–Crippen LogP) is 2.92. The Morgan fingerprint density at radius 2 is 1.69 bits per heavy atom. The molecule has 0 bridgehead atoms. The molecule has 1 heterocycles. The number of methoxy groups -OCH3 is 1. The van der Waals surface area contributed by atoms with Crippen molar-refractivity contribution in [3.05, 3.63) is 81.8 Å². The quantitative estimate of drug-likeness (QED) is 0.662. The summed E-state index contributed by atoms with van der Waals surface area (Å²) in [6.45, 7) is 0.112. The maximum atomic E-state index is 12.2. The first-order valence-electron chi connectivity index (χ1n) is 8.88. The first-order valence-corrected chi connectivity index (χ1v) is 8.88. The predicted molar refractivity (Wildman–Crippen MR) is 105 cm³/mol. The molecule has 8 nitrogen and oxygen atoms in total. The number of anilines is 1. The number of nitrogens with zero attached hydrogens (tertiary/aromatic N) is 1. The van der Waals surface area contributed by atoms with Crippen molar-refractivity contribution >= 4 is 18.0 Å². The second-order valence-electron chi connectivity index (χ2n) is 6.42. The summed E-state index contributed by atoms with van der Waals surface area (Å²) in [4.78, 5) is 41.6. The Labute approximate surface area is 165 Å². The molecule has 0 saturated carbocycles. The van der Waals surface area contributed by atoms with E-state index in [1.165, 1.54) is 7.11 Å². The number of fused-ring (bicyclic) bond motifs is 3. The van der Waals surface area contributed by atoms with E-state index in [0.29, 0.717) is 0 Å². The molecule has 1 aliphatic carbocycles. The normalized spacial score (nSPS) is 12.0. The van der Waals surface area contributed by atoms with E-state index in [1.807, 2.05) is 48.5 Å². The van der Waals surface area contributed by atoms with Crippen LogP contribution in [0, 0.1) is 0 Å². The highest BCUT2D eigenvalue weighted by Crippen LogP contribution is 2.44. The number of aromatic amines is 1. The molecule has 0 unspecified atom stereocenters. The van der Waals surface area contributed by atoms with E-state index in [1.54, 1.807) is 0 Å². The molecule has 0 fully saturated rings. The molecule has 3 aromatic rings. The van der Waals surface area contributed by atoms with Crippen molar-refractivity contribution in [2.24, 2.45) is 0 Å². The molecule has 2 aromatic carbocycles. The van der Waals surface area contributed by atoms with Crippen LogP contribution in [0.15, 0.2) is 59.4 Å². The van der Waals surface area contributed by atoms with Crippen LogP contribution in [0.4, 0.5) is 10.7 Å². The molecule has 29 heavy (non-hydrogen) atoms. The Hall–Kier alpha value is -3.94. The van der Waals surface area contributed by atoms with E-state index in [2.05, 4.69) is 20.0 Å². The molecule has 0 spiro atoms. The number of hydrogen-bond donors (Lipinski definition) is 2. The Morgan fingerprint density at radius 1 is 1.07 bits per heavy atom. The maximum Gasteiger partial charge on any atom is 0.414 e. The van der Waals surface area contributed by atoms with E-state index in [0.717, 1.165) is 28.3 Å². The average molecular weight is 391 g/mol. The van der Waals surface area contributed by atoms with Crippen molar-refractivity contribution in [3.8, 4) is 11.1 Å². The molecule has 0 saturated heterocycles. The number of amides is 1. The molecule has 1 aliphatic rings. The minimum atomic E-state index is -0.794. The van der Waals surface area contributed by atoms with Crippen LogP contribution in [0.5, 0.6) is 0 Å². The number of aromatic nitrogens is 2. The van der Waals surface area contributed by atoms with Gasteiger partial charge in [-0.1, -0.05) is 48.5 Å². The van der Waals surface area contributed by atoms with Crippen LogP contribution in [-0.4, -0.2) is 35.7 Å². The average Bonchev–Trinajstić information content (AvgIpc) is 3.05. The summed E-state index contributed by atoms with van der Waals surface area (Å²) in [5, 5.41) is 2.34. The van der Waals surface area contributed by atoms with Gasteiger partial charge in [-0.25, -0.2) is 14.6 Å². The second kappa shape index (κ2) is 7.59. The van der Waals surface area contributed by atoms with Gasteiger partial charge in [0.2, 0.25) is 5.95 Å². The number of ether oxygens (including phenoxy) is 2. The highest BCUT2D eigenvalue weighted by molar-refractivity contribution is 5.88. The Balaban J connectivity index is 1.49. The fourth-order valence-electron chi connectivity index (χ4n) is 3.46. The van der Waals surface area contributed by atoms with Gasteiger partial charge in [0.05, 0.1) is 7.11 Å². The van der Waals surface area contributed by atoms with E-state index >= 15 is 0 Å². The minimum Gasteiger partial charge on any atom is -0.464 e. The zero-order valence-electron chi connectivity index (χ0n) is 15.5. The molecule has 4 rings (SSSR count). The van der Waals surface area contributed by atoms with Crippen molar-refractivity contribution in [3.63, 3.8) is 0 Å². The molecule has 1 aromatic heterocycles. The number of rotatable bonds is 4. The SMILES string of the molecule is COC(=O)c1cc(=O)[nH]c(NC(=O)OCC2c3ccccc3-c3ccccc32)n1. The van der Waals surface area contributed by atoms with Gasteiger partial charge in [-0.05, 0) is 22.3 Å². The number of esters is 1. The van der Waals surface area contributed by atoms with Gasteiger partial charge in [0.1, 0.15) is 6.61 Å². The first-order chi connectivity index (χ1) is 14.1. The third-order valence-electron chi connectivity index (χ3n) is 4.70. The topological polar surface area (TPSA) is 110 Å². The zero-order chi connectivity index (χ0) is 20.4. The fraction of sp³-hybridized carbons (Fsp3) is 0.143. The van der Waals surface area contributed by atoms with Gasteiger partial charge in [0.25, 0.3) is 5.56 Å². The first kappa shape index (κ1) is 18.4. The number of nitrogens with one attached hydrogen (secondary N) is 2. The van der Waals surface area contributed by atoms with E-state index < -0.39 is 17.6 Å². The van der Waals surface area contributed by atoms with E-state index in [4.69, 9.17) is 4.74 Å². The molecule has 2 N–H and O–H groups in total.